The van der Waals surface area contributed by atoms with Gasteiger partial charge in [-0.25, -0.2) is 4.79 Å². The van der Waals surface area contributed by atoms with Crippen LogP contribution >= 0.6 is 0 Å². The van der Waals surface area contributed by atoms with Crippen LogP contribution in [0.4, 0.5) is 10.5 Å². The molecule has 0 atom stereocenters. The van der Waals surface area contributed by atoms with Crippen molar-refractivity contribution in [3.63, 3.8) is 0 Å². The zero-order valence-electron chi connectivity index (χ0n) is 15.7. The molecule has 0 unspecified atom stereocenters. The first-order chi connectivity index (χ1) is 12.7. The lowest BCUT2D eigenvalue weighted by molar-refractivity contribution is 0.142. The van der Waals surface area contributed by atoms with Gasteiger partial charge in [-0.3, -0.25) is 9.88 Å². The molecule has 1 saturated heterocycles. The number of rotatable bonds is 5. The van der Waals surface area contributed by atoms with Gasteiger partial charge in [-0.05, 0) is 36.1 Å². The number of hydrogen-bond acceptors (Lipinski definition) is 3. The van der Waals surface area contributed by atoms with Gasteiger partial charge in [0.1, 0.15) is 0 Å². The molecule has 1 N–H and O–H groups in total. The normalized spacial score (nSPS) is 15.1. The second-order valence-electron chi connectivity index (χ2n) is 6.67. The Hall–Kier alpha value is -2.40. The zero-order chi connectivity index (χ0) is 18.4. The minimum absolute atomic E-state index is 0.0121. The lowest BCUT2D eigenvalue weighted by atomic mass is 10.0. The van der Waals surface area contributed by atoms with Gasteiger partial charge < -0.3 is 10.2 Å². The Morgan fingerprint density at radius 3 is 2.27 bits per heavy atom. The zero-order valence-corrected chi connectivity index (χ0v) is 15.7. The van der Waals surface area contributed by atoms with Crippen molar-refractivity contribution in [2.24, 2.45) is 0 Å². The van der Waals surface area contributed by atoms with Crippen molar-refractivity contribution < 1.29 is 4.79 Å². The number of hydrogen-bond donors (Lipinski definition) is 1. The molecule has 1 aromatic carbocycles. The molecule has 1 aromatic heterocycles. The quantitative estimate of drug-likeness (QED) is 0.895. The molecule has 2 aromatic rings. The Kier molecular flexibility index (Phi) is 6.23. The van der Waals surface area contributed by atoms with E-state index in [1.807, 2.05) is 29.3 Å². The summed E-state index contributed by atoms with van der Waals surface area (Å²) < 4.78 is 0. The van der Waals surface area contributed by atoms with Crippen LogP contribution in [0.1, 0.15) is 30.7 Å². The van der Waals surface area contributed by atoms with E-state index in [0.717, 1.165) is 56.9 Å². The number of aromatic nitrogens is 1. The summed E-state index contributed by atoms with van der Waals surface area (Å²) in [5.41, 5.74) is 4.48. The number of piperazine rings is 1. The van der Waals surface area contributed by atoms with E-state index >= 15 is 0 Å². The van der Waals surface area contributed by atoms with E-state index in [-0.39, 0.29) is 6.03 Å². The molecule has 0 spiro atoms. The molecule has 138 valence electrons. The number of benzene rings is 1. The molecule has 26 heavy (non-hydrogen) atoms. The predicted molar refractivity (Wildman–Crippen MR) is 105 cm³/mol. The summed E-state index contributed by atoms with van der Waals surface area (Å²) in [4.78, 5) is 21.4. The minimum Gasteiger partial charge on any atom is -0.322 e. The lowest BCUT2D eigenvalue weighted by Crippen LogP contribution is -2.49. The number of para-hydroxylation sites is 1. The van der Waals surface area contributed by atoms with Crippen molar-refractivity contribution in [3.05, 3.63) is 59.4 Å². The average Bonchev–Trinajstić information content (AvgIpc) is 2.69. The lowest BCUT2D eigenvalue weighted by Gasteiger charge is -2.34. The van der Waals surface area contributed by atoms with Gasteiger partial charge in [-0.15, -0.1) is 0 Å². The fourth-order valence-corrected chi connectivity index (χ4v) is 3.42. The van der Waals surface area contributed by atoms with E-state index < -0.39 is 0 Å². The molecular formula is C21H28N4O. The Morgan fingerprint density at radius 1 is 1.00 bits per heavy atom. The number of carbonyl (C=O) groups is 1. The standard InChI is InChI=1S/C21H28N4O/c1-3-17-8-7-9-18(4-2)20(17)23-21(26)25-14-12-24(13-15-25)16-19-10-5-6-11-22-19/h5-11H,3-4,12-16H2,1-2H3,(H,23,26). The number of nitrogens with zero attached hydrogens (tertiary/aromatic N) is 3. The predicted octanol–water partition coefficient (Wildman–Crippen LogP) is 3.56. The molecule has 0 bridgehead atoms. The smallest absolute Gasteiger partial charge is 0.321 e. The number of amides is 2. The maximum absolute atomic E-state index is 12.8. The van der Waals surface area contributed by atoms with Crippen molar-refractivity contribution in [2.75, 3.05) is 31.5 Å². The van der Waals surface area contributed by atoms with Gasteiger partial charge in [0.15, 0.2) is 0 Å². The van der Waals surface area contributed by atoms with E-state index in [0.29, 0.717) is 0 Å². The molecule has 1 aliphatic heterocycles. The molecule has 3 rings (SSSR count). The van der Waals surface area contributed by atoms with Crippen LogP contribution in [0.25, 0.3) is 0 Å². The highest BCUT2D eigenvalue weighted by molar-refractivity contribution is 5.91. The summed E-state index contributed by atoms with van der Waals surface area (Å²) in [6.07, 6.45) is 3.66. The summed E-state index contributed by atoms with van der Waals surface area (Å²) in [5.74, 6) is 0. The maximum Gasteiger partial charge on any atom is 0.321 e. The fourth-order valence-electron chi connectivity index (χ4n) is 3.42. The molecular weight excluding hydrogens is 324 g/mol. The highest BCUT2D eigenvalue weighted by Gasteiger charge is 2.22. The van der Waals surface area contributed by atoms with E-state index in [9.17, 15) is 4.79 Å². The summed E-state index contributed by atoms with van der Waals surface area (Å²) in [7, 11) is 0. The number of urea groups is 1. The van der Waals surface area contributed by atoms with Crippen molar-refractivity contribution in [3.8, 4) is 0 Å². The number of pyridine rings is 1. The number of nitrogens with one attached hydrogen (secondary N) is 1. The van der Waals surface area contributed by atoms with Gasteiger partial charge in [0.2, 0.25) is 0 Å². The highest BCUT2D eigenvalue weighted by Crippen LogP contribution is 2.23. The van der Waals surface area contributed by atoms with Crippen molar-refractivity contribution in [2.45, 2.75) is 33.2 Å². The molecule has 2 heterocycles. The Labute approximate surface area is 156 Å². The fraction of sp³-hybridized carbons (Fsp3) is 0.429. The topological polar surface area (TPSA) is 48.5 Å². The van der Waals surface area contributed by atoms with Crippen molar-refractivity contribution in [1.82, 2.24) is 14.8 Å². The van der Waals surface area contributed by atoms with Gasteiger partial charge in [0.05, 0.1) is 5.69 Å². The SMILES string of the molecule is CCc1cccc(CC)c1NC(=O)N1CCN(Cc2ccccn2)CC1. The van der Waals surface area contributed by atoms with Gasteiger partial charge in [0, 0.05) is 44.6 Å². The molecule has 0 radical (unpaired) electrons. The first kappa shape index (κ1) is 18.4. The summed E-state index contributed by atoms with van der Waals surface area (Å²) in [6.45, 7) is 8.33. The van der Waals surface area contributed by atoms with Crippen LogP contribution in [0.2, 0.25) is 0 Å². The van der Waals surface area contributed by atoms with Crippen LogP contribution in [0, 0.1) is 0 Å². The molecule has 1 aliphatic rings. The van der Waals surface area contributed by atoms with Crippen LogP contribution in [0.5, 0.6) is 0 Å². The summed E-state index contributed by atoms with van der Waals surface area (Å²) in [5, 5.41) is 3.17. The molecule has 1 fully saturated rings. The Balaban J connectivity index is 1.57. The first-order valence-corrected chi connectivity index (χ1v) is 9.50. The second kappa shape index (κ2) is 8.81. The van der Waals surface area contributed by atoms with Gasteiger partial charge >= 0.3 is 6.03 Å². The number of aryl methyl sites for hydroxylation is 2. The highest BCUT2D eigenvalue weighted by atomic mass is 16.2. The van der Waals surface area contributed by atoms with Crippen LogP contribution in [0.15, 0.2) is 42.6 Å². The number of anilines is 1. The maximum atomic E-state index is 12.8. The molecule has 0 saturated carbocycles. The average molecular weight is 352 g/mol. The monoisotopic (exact) mass is 352 g/mol. The van der Waals surface area contributed by atoms with Gasteiger partial charge in [-0.2, -0.15) is 0 Å². The van der Waals surface area contributed by atoms with Crippen molar-refractivity contribution in [1.29, 1.82) is 0 Å². The molecule has 2 amide bonds. The van der Waals surface area contributed by atoms with Crippen LogP contribution in [0.3, 0.4) is 0 Å². The Morgan fingerprint density at radius 2 is 1.69 bits per heavy atom. The van der Waals surface area contributed by atoms with E-state index in [4.69, 9.17) is 0 Å². The second-order valence-corrected chi connectivity index (χ2v) is 6.67. The molecule has 0 aliphatic carbocycles. The van der Waals surface area contributed by atoms with E-state index in [1.54, 1.807) is 0 Å². The number of carbonyl (C=O) groups excluding carboxylic acids is 1. The van der Waals surface area contributed by atoms with Crippen molar-refractivity contribution >= 4 is 11.7 Å². The molecule has 5 nitrogen and oxygen atoms in total. The third-order valence-corrected chi connectivity index (χ3v) is 5.00. The molecule has 5 heteroatoms. The third-order valence-electron chi connectivity index (χ3n) is 5.00. The summed E-state index contributed by atoms with van der Waals surface area (Å²) >= 11 is 0. The van der Waals surface area contributed by atoms with E-state index in [2.05, 4.69) is 47.2 Å². The van der Waals surface area contributed by atoms with Crippen LogP contribution < -0.4 is 5.32 Å². The minimum atomic E-state index is 0.0121. The third kappa shape index (κ3) is 4.41. The first-order valence-electron chi connectivity index (χ1n) is 9.50. The Bertz CT molecular complexity index is 702. The van der Waals surface area contributed by atoms with Crippen LogP contribution in [-0.4, -0.2) is 47.0 Å². The largest absolute Gasteiger partial charge is 0.322 e. The van der Waals surface area contributed by atoms with Gasteiger partial charge in [-0.1, -0.05) is 38.1 Å². The van der Waals surface area contributed by atoms with Crippen LogP contribution in [-0.2, 0) is 19.4 Å². The van der Waals surface area contributed by atoms with E-state index in [1.165, 1.54) is 11.1 Å². The van der Waals surface area contributed by atoms with Gasteiger partial charge in [0.25, 0.3) is 0 Å². The summed E-state index contributed by atoms with van der Waals surface area (Å²) in [6, 6.07) is 12.3.